The lowest BCUT2D eigenvalue weighted by atomic mass is 9.93. The van der Waals surface area contributed by atoms with Crippen LogP contribution in [0.4, 0.5) is 0 Å². The fraction of sp³-hybridized carbons (Fsp3) is 0.438. The van der Waals surface area contributed by atoms with Gasteiger partial charge in [0.15, 0.2) is 0 Å². The van der Waals surface area contributed by atoms with Crippen molar-refractivity contribution in [3.63, 3.8) is 0 Å². The van der Waals surface area contributed by atoms with E-state index in [0.717, 1.165) is 16.5 Å². The molecular weight excluding hydrogens is 532 g/mol. The third-order valence-corrected chi connectivity index (χ3v) is 8.07. The van der Waals surface area contributed by atoms with Crippen molar-refractivity contribution in [1.29, 1.82) is 5.26 Å². The molecule has 2 aliphatic rings. The van der Waals surface area contributed by atoms with Crippen molar-refractivity contribution in [2.75, 3.05) is 26.7 Å². The fourth-order valence-electron chi connectivity index (χ4n) is 5.81. The summed E-state index contributed by atoms with van der Waals surface area (Å²) < 4.78 is 5.46. The van der Waals surface area contributed by atoms with Crippen LogP contribution in [-0.2, 0) is 9.59 Å². The molecule has 1 aromatic heterocycles. The van der Waals surface area contributed by atoms with E-state index in [1.807, 2.05) is 56.4 Å². The second-order valence-electron chi connectivity index (χ2n) is 10.8. The van der Waals surface area contributed by atoms with Gasteiger partial charge in [0.05, 0.1) is 19.2 Å². The van der Waals surface area contributed by atoms with Gasteiger partial charge in [-0.2, -0.15) is 5.26 Å². The van der Waals surface area contributed by atoms with Crippen LogP contribution in [0.25, 0.3) is 10.9 Å². The molecule has 3 amide bonds. The van der Waals surface area contributed by atoms with Crippen LogP contribution in [-0.4, -0.2) is 72.5 Å². The van der Waals surface area contributed by atoms with E-state index in [0.29, 0.717) is 50.3 Å². The normalized spacial score (nSPS) is 21.9. The molecule has 1 aromatic carbocycles. The average Bonchev–Trinajstić information content (AvgIpc) is 3.73. The van der Waals surface area contributed by atoms with Crippen LogP contribution in [0, 0.1) is 23.2 Å². The van der Waals surface area contributed by atoms with Crippen LogP contribution >= 0.6 is 0 Å². The number of fused-ring (bicyclic) bond motifs is 1. The summed E-state index contributed by atoms with van der Waals surface area (Å²) in [5, 5.41) is 19.7. The molecule has 222 valence electrons. The highest BCUT2D eigenvalue weighted by atomic mass is 16.5. The number of nitriles is 1. The number of likely N-dealkylation sites (N-methyl/N-ethyl adjacent to an activating group) is 1. The molecule has 3 heterocycles. The molecule has 0 saturated carbocycles. The zero-order valence-electron chi connectivity index (χ0n) is 24.5. The topological polar surface area (TPSA) is 139 Å². The lowest BCUT2D eigenvalue weighted by molar-refractivity contribution is -0.127. The summed E-state index contributed by atoms with van der Waals surface area (Å²) in [7, 11) is 1.58. The molecule has 2 saturated heterocycles. The smallest absolute Gasteiger partial charge is 0.271 e. The van der Waals surface area contributed by atoms with Gasteiger partial charge in [0.2, 0.25) is 11.8 Å². The maximum absolute atomic E-state index is 14.0. The van der Waals surface area contributed by atoms with E-state index < -0.39 is 18.1 Å². The lowest BCUT2D eigenvalue weighted by Gasteiger charge is -2.29. The molecule has 4 rings (SSSR count). The first-order valence-electron chi connectivity index (χ1n) is 14.5. The largest absolute Gasteiger partial charge is 0.496 e. The molecule has 2 aromatic rings. The molecule has 4 N–H and O–H groups in total. The minimum Gasteiger partial charge on any atom is -0.496 e. The number of carbonyl (C=O) groups excluding carboxylic acids is 3. The molecule has 0 spiro atoms. The Morgan fingerprint density at radius 3 is 2.81 bits per heavy atom. The van der Waals surface area contributed by atoms with Crippen molar-refractivity contribution in [3.05, 3.63) is 66.4 Å². The molecule has 42 heavy (non-hydrogen) atoms. The number of aromatic amines is 1. The Balaban J connectivity index is 1.63. The SMILES string of the molecule is C=C(/C=C\C=C/C)[C@@H]1C[C@@H](C(=O)N[C@@H](C[C@@H]2CCNC2=O)C(C#N)NCC)N(C(=O)c2cc3c(OC)cccc3[nH]2)C1. The second-order valence-corrected chi connectivity index (χ2v) is 10.8. The van der Waals surface area contributed by atoms with Crippen molar-refractivity contribution in [3.8, 4) is 11.8 Å². The second kappa shape index (κ2) is 14.0. The number of hydrogen-bond acceptors (Lipinski definition) is 6. The van der Waals surface area contributed by atoms with Crippen molar-refractivity contribution in [2.24, 2.45) is 11.8 Å². The summed E-state index contributed by atoms with van der Waals surface area (Å²) in [5.41, 5.74) is 1.93. The van der Waals surface area contributed by atoms with Crippen LogP contribution in [0.3, 0.4) is 0 Å². The van der Waals surface area contributed by atoms with Gasteiger partial charge in [0.25, 0.3) is 5.91 Å². The molecule has 0 radical (unpaired) electrons. The molecule has 0 aliphatic carbocycles. The molecule has 1 unspecified atom stereocenters. The van der Waals surface area contributed by atoms with Crippen molar-refractivity contribution in [2.45, 2.75) is 51.2 Å². The van der Waals surface area contributed by atoms with E-state index in [1.54, 1.807) is 18.1 Å². The highest BCUT2D eigenvalue weighted by molar-refractivity contribution is 6.01. The number of benzene rings is 1. The van der Waals surface area contributed by atoms with Crippen LogP contribution in [0.15, 0.2) is 60.7 Å². The summed E-state index contributed by atoms with van der Waals surface area (Å²) in [4.78, 5) is 45.0. The van der Waals surface area contributed by atoms with Gasteiger partial charge in [-0.25, -0.2) is 0 Å². The number of nitrogens with zero attached hydrogens (tertiary/aromatic N) is 2. The number of hydrogen-bond donors (Lipinski definition) is 4. The van der Waals surface area contributed by atoms with Crippen molar-refractivity contribution < 1.29 is 19.1 Å². The molecule has 2 fully saturated rings. The van der Waals surface area contributed by atoms with E-state index in [1.165, 1.54) is 0 Å². The van der Waals surface area contributed by atoms with Gasteiger partial charge in [-0.1, -0.05) is 49.4 Å². The third-order valence-electron chi connectivity index (χ3n) is 8.07. The zero-order valence-corrected chi connectivity index (χ0v) is 24.5. The van der Waals surface area contributed by atoms with Gasteiger partial charge in [-0.3, -0.25) is 14.4 Å². The Labute approximate surface area is 246 Å². The number of ether oxygens (including phenoxy) is 1. The van der Waals surface area contributed by atoms with E-state index in [-0.39, 0.29) is 29.6 Å². The van der Waals surface area contributed by atoms with E-state index in [4.69, 9.17) is 4.74 Å². The molecular formula is C32H40N6O4. The molecule has 2 aliphatic heterocycles. The van der Waals surface area contributed by atoms with Crippen molar-refractivity contribution in [1.82, 2.24) is 25.8 Å². The Morgan fingerprint density at radius 1 is 1.33 bits per heavy atom. The first-order valence-corrected chi connectivity index (χ1v) is 14.5. The monoisotopic (exact) mass is 572 g/mol. The van der Waals surface area contributed by atoms with E-state index in [9.17, 15) is 19.6 Å². The number of likely N-dealkylation sites (tertiary alicyclic amines) is 1. The number of aromatic nitrogens is 1. The van der Waals surface area contributed by atoms with Crippen molar-refractivity contribution >= 4 is 28.6 Å². The number of nitrogens with one attached hydrogen (secondary N) is 4. The van der Waals surface area contributed by atoms with Crippen LogP contribution in [0.1, 0.15) is 43.6 Å². The number of carbonyl (C=O) groups is 3. The van der Waals surface area contributed by atoms with Gasteiger partial charge < -0.3 is 30.6 Å². The van der Waals surface area contributed by atoms with E-state index in [2.05, 4.69) is 33.6 Å². The molecule has 5 atom stereocenters. The maximum Gasteiger partial charge on any atom is 0.271 e. The van der Waals surface area contributed by atoms with Gasteiger partial charge in [-0.05, 0) is 50.9 Å². The number of H-pyrrole nitrogens is 1. The first kappa shape index (κ1) is 30.6. The maximum atomic E-state index is 14.0. The Bertz CT molecular complexity index is 1420. The number of rotatable bonds is 12. The van der Waals surface area contributed by atoms with Crippen LogP contribution in [0.2, 0.25) is 0 Å². The van der Waals surface area contributed by atoms with Gasteiger partial charge >= 0.3 is 0 Å². The summed E-state index contributed by atoms with van der Waals surface area (Å²) in [6, 6.07) is 7.45. The summed E-state index contributed by atoms with van der Waals surface area (Å²) in [6.07, 6.45) is 8.96. The Kier molecular flexibility index (Phi) is 10.2. The molecule has 0 bridgehead atoms. The minimum absolute atomic E-state index is 0.0707. The van der Waals surface area contributed by atoms with Crippen LogP contribution in [0.5, 0.6) is 5.75 Å². The standard InChI is InChI=1S/C32H40N6O4/c1-5-7-8-10-20(3)22-16-28(31(40)37-25(27(18-33)34-6-2)15-21-13-14-35-30(21)39)38(19-22)32(41)26-17-23-24(36-26)11-9-12-29(23)42-4/h5,7-12,17,21-22,25,27-28,34,36H,3,6,13-16,19H2,1-2,4H3,(H,35,39)(H,37,40)/b7-5-,10-8-/t21-,22+,25-,27?,28-/m0/s1. The third kappa shape index (κ3) is 6.74. The first-order chi connectivity index (χ1) is 20.3. The van der Waals surface area contributed by atoms with Gasteiger partial charge in [-0.15, -0.1) is 0 Å². The average molecular weight is 573 g/mol. The Morgan fingerprint density at radius 2 is 2.14 bits per heavy atom. The molecule has 10 heteroatoms. The minimum atomic E-state index is -0.788. The summed E-state index contributed by atoms with van der Waals surface area (Å²) >= 11 is 0. The van der Waals surface area contributed by atoms with Gasteiger partial charge in [0, 0.05) is 35.8 Å². The lowest BCUT2D eigenvalue weighted by Crippen LogP contribution is -2.55. The summed E-state index contributed by atoms with van der Waals surface area (Å²) in [6.45, 7) is 9.44. The fourth-order valence-corrected chi connectivity index (χ4v) is 5.81. The zero-order chi connectivity index (χ0) is 30.2. The highest BCUT2D eigenvalue weighted by Crippen LogP contribution is 2.32. The number of methoxy groups -OCH3 is 1. The summed E-state index contributed by atoms with van der Waals surface area (Å²) in [5.74, 6) is -0.522. The predicted molar refractivity (Wildman–Crippen MR) is 162 cm³/mol. The highest BCUT2D eigenvalue weighted by Gasteiger charge is 2.42. The quantitative estimate of drug-likeness (QED) is 0.288. The molecule has 10 nitrogen and oxygen atoms in total. The predicted octanol–water partition coefficient (Wildman–Crippen LogP) is 3.21. The van der Waals surface area contributed by atoms with Crippen LogP contribution < -0.4 is 20.7 Å². The van der Waals surface area contributed by atoms with E-state index >= 15 is 0 Å². The number of allylic oxidation sites excluding steroid dienone is 4. The van der Waals surface area contributed by atoms with Gasteiger partial charge in [0.1, 0.15) is 23.5 Å². The number of amides is 3. The Hall–Kier alpha value is -4.36.